The first-order valence-corrected chi connectivity index (χ1v) is 8.95. The summed E-state index contributed by atoms with van der Waals surface area (Å²) < 4.78 is 48.2. The number of fused-ring (bicyclic) bond motifs is 1. The monoisotopic (exact) mass is 370 g/mol. The van der Waals surface area contributed by atoms with Gasteiger partial charge in [0.2, 0.25) is 0 Å². The van der Waals surface area contributed by atoms with Crippen molar-refractivity contribution in [2.45, 2.75) is 32.8 Å². The molecule has 0 spiro atoms. The van der Waals surface area contributed by atoms with Gasteiger partial charge in [-0.05, 0) is 65.6 Å². The number of ether oxygens (including phenoxy) is 1. The van der Waals surface area contributed by atoms with E-state index in [2.05, 4.69) is 0 Å². The van der Waals surface area contributed by atoms with E-state index in [-0.39, 0.29) is 5.56 Å². The molecule has 0 atom stereocenters. The third-order valence-electron chi connectivity index (χ3n) is 4.34. The lowest BCUT2D eigenvalue weighted by Crippen LogP contribution is -2.22. The molecular weight excluding hydrogens is 349 g/mol. The molecule has 0 aliphatic heterocycles. The first kappa shape index (κ1) is 19.0. The van der Waals surface area contributed by atoms with Crippen LogP contribution in [-0.4, -0.2) is 0 Å². The van der Waals surface area contributed by atoms with E-state index < -0.39 is 17.7 Å². The number of allylic oxidation sites excluding steroid dienone is 1. The summed E-state index contributed by atoms with van der Waals surface area (Å²) in [5.41, 5.74) is 1.59. The fraction of sp³-hybridized carbons (Fsp3) is 0.217. The maximum Gasteiger partial charge on any atom is 0.426 e. The molecule has 3 rings (SSSR count). The third-order valence-corrected chi connectivity index (χ3v) is 4.34. The van der Waals surface area contributed by atoms with Crippen LogP contribution in [0.4, 0.5) is 13.2 Å². The third kappa shape index (κ3) is 4.33. The number of hydrogen-bond donors (Lipinski definition) is 0. The SMILES string of the molecule is C/C=C/c1ccc2cc(OC(F)(F)c3ccc(CCC)cc3)c(F)cc2c1. The lowest BCUT2D eigenvalue weighted by Gasteiger charge is -2.19. The summed E-state index contributed by atoms with van der Waals surface area (Å²) in [6.45, 7) is 3.91. The molecule has 0 aliphatic rings. The molecular formula is C23H21F3O. The van der Waals surface area contributed by atoms with Crippen molar-refractivity contribution in [1.82, 2.24) is 0 Å². The van der Waals surface area contributed by atoms with E-state index in [0.29, 0.717) is 10.8 Å². The summed E-state index contributed by atoms with van der Waals surface area (Å²) in [7, 11) is 0. The highest BCUT2D eigenvalue weighted by molar-refractivity contribution is 5.86. The van der Waals surface area contributed by atoms with Crippen LogP contribution in [0, 0.1) is 5.82 Å². The Bertz CT molecular complexity index is 959. The summed E-state index contributed by atoms with van der Waals surface area (Å²) >= 11 is 0. The van der Waals surface area contributed by atoms with Crippen LogP contribution >= 0.6 is 0 Å². The molecule has 0 unspecified atom stereocenters. The average molecular weight is 370 g/mol. The summed E-state index contributed by atoms with van der Waals surface area (Å²) in [5.74, 6) is -1.29. The van der Waals surface area contributed by atoms with Gasteiger partial charge in [-0.3, -0.25) is 0 Å². The van der Waals surface area contributed by atoms with E-state index >= 15 is 0 Å². The fourth-order valence-electron chi connectivity index (χ4n) is 2.99. The Morgan fingerprint density at radius 2 is 1.70 bits per heavy atom. The summed E-state index contributed by atoms with van der Waals surface area (Å²) in [5, 5.41) is 1.26. The summed E-state index contributed by atoms with van der Waals surface area (Å²) in [6, 6.07) is 13.9. The van der Waals surface area contributed by atoms with Crippen molar-refractivity contribution in [3.63, 3.8) is 0 Å². The zero-order valence-electron chi connectivity index (χ0n) is 15.3. The van der Waals surface area contributed by atoms with Crippen LogP contribution in [-0.2, 0) is 12.5 Å². The molecule has 3 aromatic carbocycles. The second-order valence-electron chi connectivity index (χ2n) is 6.45. The zero-order chi connectivity index (χ0) is 19.4. The molecule has 0 bridgehead atoms. The van der Waals surface area contributed by atoms with Gasteiger partial charge in [-0.2, -0.15) is 8.78 Å². The van der Waals surface area contributed by atoms with Gasteiger partial charge in [0.25, 0.3) is 0 Å². The Labute approximate surface area is 157 Å². The molecule has 0 amide bonds. The Morgan fingerprint density at radius 3 is 2.37 bits per heavy atom. The van der Waals surface area contributed by atoms with Crippen molar-refractivity contribution in [3.05, 3.63) is 83.2 Å². The maximum atomic E-state index is 14.5. The molecule has 3 aromatic rings. The average Bonchev–Trinajstić information content (AvgIpc) is 2.63. The van der Waals surface area contributed by atoms with E-state index in [9.17, 15) is 13.2 Å². The number of hydrogen-bond acceptors (Lipinski definition) is 1. The van der Waals surface area contributed by atoms with Gasteiger partial charge in [0.15, 0.2) is 11.6 Å². The van der Waals surface area contributed by atoms with Gasteiger partial charge in [-0.15, -0.1) is 0 Å². The molecule has 0 aromatic heterocycles. The normalized spacial score (nSPS) is 12.0. The summed E-state index contributed by atoms with van der Waals surface area (Å²) in [4.78, 5) is 0. The first-order chi connectivity index (χ1) is 12.9. The predicted octanol–water partition coefficient (Wildman–Crippen LogP) is 7.09. The zero-order valence-corrected chi connectivity index (χ0v) is 15.3. The van der Waals surface area contributed by atoms with E-state index in [1.165, 1.54) is 24.3 Å². The van der Waals surface area contributed by atoms with Gasteiger partial charge >= 0.3 is 6.11 Å². The Balaban J connectivity index is 1.89. The number of aryl methyl sites for hydroxylation is 1. The molecule has 0 N–H and O–H groups in total. The smallest absolute Gasteiger partial charge is 0.426 e. The molecule has 0 radical (unpaired) electrons. The van der Waals surface area contributed by atoms with Crippen molar-refractivity contribution in [3.8, 4) is 5.75 Å². The van der Waals surface area contributed by atoms with Gasteiger partial charge in [-0.25, -0.2) is 4.39 Å². The van der Waals surface area contributed by atoms with Crippen LogP contribution in [0.3, 0.4) is 0 Å². The van der Waals surface area contributed by atoms with E-state index in [4.69, 9.17) is 4.74 Å². The van der Waals surface area contributed by atoms with Crippen LogP contribution in [0.5, 0.6) is 5.75 Å². The minimum Gasteiger partial charge on any atom is -0.426 e. The molecule has 0 heterocycles. The second-order valence-corrected chi connectivity index (χ2v) is 6.45. The number of benzene rings is 3. The van der Waals surface area contributed by atoms with E-state index in [1.54, 1.807) is 24.3 Å². The minimum atomic E-state index is -3.62. The van der Waals surface area contributed by atoms with Gasteiger partial charge < -0.3 is 4.74 Å². The molecule has 0 fully saturated rings. The van der Waals surface area contributed by atoms with Crippen molar-refractivity contribution in [2.75, 3.05) is 0 Å². The highest BCUT2D eigenvalue weighted by Crippen LogP contribution is 2.35. The van der Waals surface area contributed by atoms with Gasteiger partial charge in [0.05, 0.1) is 5.56 Å². The molecule has 27 heavy (non-hydrogen) atoms. The number of rotatable bonds is 6. The predicted molar refractivity (Wildman–Crippen MR) is 104 cm³/mol. The Hall–Kier alpha value is -2.75. The number of alkyl halides is 2. The first-order valence-electron chi connectivity index (χ1n) is 8.95. The van der Waals surface area contributed by atoms with Crippen molar-refractivity contribution in [2.24, 2.45) is 0 Å². The van der Waals surface area contributed by atoms with Crippen LogP contribution in [0.2, 0.25) is 0 Å². The van der Waals surface area contributed by atoms with Crippen molar-refractivity contribution < 1.29 is 17.9 Å². The standard InChI is InChI=1S/C23H21F3O/c1-3-5-16-8-11-20(12-9-16)23(25,26)27-22-15-18-10-7-17(6-4-2)13-19(18)14-21(22)24/h4,6-15H,3,5H2,1-2H3/b6-4+. The van der Waals surface area contributed by atoms with Gasteiger partial charge in [0.1, 0.15) is 0 Å². The highest BCUT2D eigenvalue weighted by Gasteiger charge is 2.35. The maximum absolute atomic E-state index is 14.5. The minimum absolute atomic E-state index is 0.301. The second kappa shape index (κ2) is 7.87. The fourth-order valence-corrected chi connectivity index (χ4v) is 2.99. The van der Waals surface area contributed by atoms with Crippen LogP contribution in [0.1, 0.15) is 37.0 Å². The molecule has 4 heteroatoms. The van der Waals surface area contributed by atoms with Crippen molar-refractivity contribution in [1.29, 1.82) is 0 Å². The van der Waals surface area contributed by atoms with Gasteiger partial charge in [-0.1, -0.05) is 49.8 Å². The number of halogens is 3. The summed E-state index contributed by atoms with van der Waals surface area (Å²) in [6.07, 6.45) is 1.90. The van der Waals surface area contributed by atoms with Crippen LogP contribution in [0.25, 0.3) is 16.8 Å². The Kier molecular flexibility index (Phi) is 5.54. The molecule has 1 nitrogen and oxygen atoms in total. The van der Waals surface area contributed by atoms with Crippen LogP contribution in [0.15, 0.2) is 60.7 Å². The molecule has 0 saturated heterocycles. The lowest BCUT2D eigenvalue weighted by molar-refractivity contribution is -0.186. The Morgan fingerprint density at radius 1 is 0.963 bits per heavy atom. The molecule has 0 aliphatic carbocycles. The lowest BCUT2D eigenvalue weighted by atomic mass is 10.1. The van der Waals surface area contributed by atoms with E-state index in [1.807, 2.05) is 32.1 Å². The van der Waals surface area contributed by atoms with Crippen LogP contribution < -0.4 is 4.74 Å². The van der Waals surface area contributed by atoms with Gasteiger partial charge in [0, 0.05) is 0 Å². The largest absolute Gasteiger partial charge is 0.426 e. The topological polar surface area (TPSA) is 9.23 Å². The highest BCUT2D eigenvalue weighted by atomic mass is 19.3. The van der Waals surface area contributed by atoms with E-state index in [0.717, 1.165) is 24.0 Å². The molecule has 140 valence electrons. The molecule has 0 saturated carbocycles. The quantitative estimate of drug-likeness (QED) is 0.450. The van der Waals surface area contributed by atoms with Crippen molar-refractivity contribution >= 4 is 16.8 Å².